The Morgan fingerprint density at radius 2 is 1.96 bits per heavy atom. The van der Waals surface area contributed by atoms with Crippen LogP contribution in [0.2, 0.25) is 5.02 Å². The maximum Gasteiger partial charge on any atom is 0.306 e. The number of hydrogen-bond donors (Lipinski definition) is 1. The predicted molar refractivity (Wildman–Crippen MR) is 83.2 cm³/mol. The SMILES string of the molecule is C[C@H](NS(=O)(=O)c1ccc(F)c([N+](=O)[O-])c1)c1cccc(Cl)c1. The van der Waals surface area contributed by atoms with Crippen molar-refractivity contribution in [1.29, 1.82) is 0 Å². The molecule has 0 saturated heterocycles. The van der Waals surface area contributed by atoms with E-state index in [-0.39, 0.29) is 4.90 Å². The van der Waals surface area contributed by atoms with Crippen LogP contribution in [0.5, 0.6) is 0 Å². The lowest BCUT2D eigenvalue weighted by atomic mass is 10.1. The van der Waals surface area contributed by atoms with Crippen LogP contribution >= 0.6 is 11.6 Å². The summed E-state index contributed by atoms with van der Waals surface area (Å²) in [7, 11) is -4.06. The number of nitrogens with one attached hydrogen (secondary N) is 1. The molecule has 23 heavy (non-hydrogen) atoms. The van der Waals surface area contributed by atoms with Crippen LogP contribution in [0.25, 0.3) is 0 Å². The molecule has 0 saturated carbocycles. The van der Waals surface area contributed by atoms with Crippen molar-refractivity contribution in [1.82, 2.24) is 4.72 Å². The number of hydrogen-bond acceptors (Lipinski definition) is 4. The Hall–Kier alpha value is -2.03. The molecule has 0 spiro atoms. The molecule has 0 aliphatic carbocycles. The van der Waals surface area contributed by atoms with Crippen molar-refractivity contribution in [2.24, 2.45) is 0 Å². The third-order valence-corrected chi connectivity index (χ3v) is 4.88. The molecule has 122 valence electrons. The molecule has 0 aliphatic heterocycles. The van der Waals surface area contributed by atoms with Crippen molar-refractivity contribution in [3.05, 3.63) is 69.0 Å². The Labute approximate surface area is 137 Å². The van der Waals surface area contributed by atoms with E-state index < -0.39 is 32.5 Å². The van der Waals surface area contributed by atoms with Gasteiger partial charge in [-0.3, -0.25) is 10.1 Å². The fraction of sp³-hybridized carbons (Fsp3) is 0.143. The number of benzene rings is 2. The van der Waals surface area contributed by atoms with Gasteiger partial charge in [0.05, 0.1) is 9.82 Å². The van der Waals surface area contributed by atoms with E-state index in [0.717, 1.165) is 12.1 Å². The number of sulfonamides is 1. The summed E-state index contributed by atoms with van der Waals surface area (Å²) in [6.07, 6.45) is 0. The molecule has 1 N–H and O–H groups in total. The van der Waals surface area contributed by atoms with E-state index in [9.17, 15) is 22.9 Å². The van der Waals surface area contributed by atoms with Crippen LogP contribution in [0.3, 0.4) is 0 Å². The Balaban J connectivity index is 2.32. The minimum Gasteiger partial charge on any atom is -0.258 e. The van der Waals surface area contributed by atoms with Crippen LogP contribution in [0.1, 0.15) is 18.5 Å². The first-order chi connectivity index (χ1) is 10.7. The molecule has 0 fully saturated rings. The lowest BCUT2D eigenvalue weighted by Crippen LogP contribution is -2.27. The fourth-order valence-corrected chi connectivity index (χ4v) is 3.39. The lowest BCUT2D eigenvalue weighted by molar-refractivity contribution is -0.387. The minimum atomic E-state index is -4.06. The van der Waals surface area contributed by atoms with Crippen molar-refractivity contribution in [2.45, 2.75) is 17.9 Å². The molecule has 1 atom stereocenters. The minimum absolute atomic E-state index is 0.389. The summed E-state index contributed by atoms with van der Waals surface area (Å²) in [5.74, 6) is -1.10. The van der Waals surface area contributed by atoms with Gasteiger partial charge in [0.15, 0.2) is 0 Å². The number of nitrogens with zero attached hydrogens (tertiary/aromatic N) is 1. The molecule has 2 aromatic rings. The van der Waals surface area contributed by atoms with Crippen LogP contribution in [-0.4, -0.2) is 13.3 Å². The third-order valence-electron chi connectivity index (χ3n) is 3.11. The fourth-order valence-electron chi connectivity index (χ4n) is 1.94. The second-order valence-corrected chi connectivity index (χ2v) is 6.92. The highest BCUT2D eigenvalue weighted by Gasteiger charge is 2.23. The second-order valence-electron chi connectivity index (χ2n) is 4.77. The zero-order valence-corrected chi connectivity index (χ0v) is 13.4. The van der Waals surface area contributed by atoms with Crippen LogP contribution in [-0.2, 0) is 10.0 Å². The molecule has 0 aromatic heterocycles. The number of rotatable bonds is 5. The number of nitro benzene ring substituents is 1. The topological polar surface area (TPSA) is 89.3 Å². The lowest BCUT2D eigenvalue weighted by Gasteiger charge is -2.15. The molecule has 2 aromatic carbocycles. The van der Waals surface area contributed by atoms with Crippen LogP contribution in [0, 0.1) is 15.9 Å². The van der Waals surface area contributed by atoms with Gasteiger partial charge < -0.3 is 0 Å². The Bertz CT molecular complexity index is 858. The average molecular weight is 359 g/mol. The quantitative estimate of drug-likeness (QED) is 0.655. The molecule has 0 amide bonds. The molecule has 9 heteroatoms. The normalized spacial score (nSPS) is 12.8. The van der Waals surface area contributed by atoms with Gasteiger partial charge in [-0.25, -0.2) is 13.1 Å². The largest absolute Gasteiger partial charge is 0.306 e. The van der Waals surface area contributed by atoms with Crippen LogP contribution in [0.15, 0.2) is 47.4 Å². The number of halogens is 2. The van der Waals surface area contributed by atoms with E-state index in [1.807, 2.05) is 0 Å². The first kappa shape index (κ1) is 17.3. The molecule has 0 unspecified atom stereocenters. The molecule has 2 rings (SSSR count). The van der Waals surface area contributed by atoms with Crippen molar-refractivity contribution in [3.63, 3.8) is 0 Å². The van der Waals surface area contributed by atoms with E-state index >= 15 is 0 Å². The zero-order chi connectivity index (χ0) is 17.2. The van der Waals surface area contributed by atoms with Gasteiger partial charge in [0.25, 0.3) is 0 Å². The summed E-state index contributed by atoms with van der Waals surface area (Å²) < 4.78 is 40.3. The van der Waals surface area contributed by atoms with Crippen molar-refractivity contribution in [3.8, 4) is 0 Å². The first-order valence-electron chi connectivity index (χ1n) is 6.42. The summed E-state index contributed by atoms with van der Waals surface area (Å²) >= 11 is 5.86. The van der Waals surface area contributed by atoms with Crippen molar-refractivity contribution >= 4 is 27.3 Å². The molecule has 6 nitrogen and oxygen atoms in total. The highest BCUT2D eigenvalue weighted by molar-refractivity contribution is 7.89. The first-order valence-corrected chi connectivity index (χ1v) is 8.28. The molecular weight excluding hydrogens is 347 g/mol. The molecule has 0 heterocycles. The summed E-state index contributed by atoms with van der Waals surface area (Å²) in [6.45, 7) is 1.60. The van der Waals surface area contributed by atoms with Crippen LogP contribution in [0.4, 0.5) is 10.1 Å². The smallest absolute Gasteiger partial charge is 0.258 e. The van der Waals surface area contributed by atoms with Gasteiger partial charge in [0.1, 0.15) is 0 Å². The summed E-state index contributed by atoms with van der Waals surface area (Å²) in [5, 5.41) is 11.2. The summed E-state index contributed by atoms with van der Waals surface area (Å²) in [6, 6.07) is 8.38. The Morgan fingerprint density at radius 1 is 1.26 bits per heavy atom. The standard InChI is InChI=1S/C14H12ClFN2O4S/c1-9(10-3-2-4-11(15)7-10)17-23(21,22)12-5-6-13(16)14(8-12)18(19)20/h2-9,17H,1H3/t9-/m0/s1. The van der Waals surface area contributed by atoms with Crippen LogP contribution < -0.4 is 4.72 Å². The van der Waals surface area contributed by atoms with Gasteiger partial charge in [0.2, 0.25) is 15.8 Å². The maximum absolute atomic E-state index is 13.3. The summed E-state index contributed by atoms with van der Waals surface area (Å²) in [4.78, 5) is 9.35. The number of nitro groups is 1. The van der Waals surface area contributed by atoms with E-state index in [1.165, 1.54) is 0 Å². The predicted octanol–water partition coefficient (Wildman–Crippen LogP) is 3.43. The van der Waals surface area contributed by atoms with E-state index in [1.54, 1.807) is 31.2 Å². The van der Waals surface area contributed by atoms with E-state index in [0.29, 0.717) is 16.7 Å². The second kappa shape index (κ2) is 6.61. The van der Waals surface area contributed by atoms with Gasteiger partial charge in [-0.05, 0) is 36.8 Å². The third kappa shape index (κ3) is 4.04. The highest BCUT2D eigenvalue weighted by Crippen LogP contribution is 2.24. The maximum atomic E-state index is 13.3. The summed E-state index contributed by atoms with van der Waals surface area (Å²) in [5.41, 5.74) is -0.277. The van der Waals surface area contributed by atoms with Gasteiger partial charge in [-0.2, -0.15) is 4.39 Å². The average Bonchev–Trinajstić information content (AvgIpc) is 2.46. The van der Waals surface area contributed by atoms with Gasteiger partial charge >= 0.3 is 5.69 Å². The highest BCUT2D eigenvalue weighted by atomic mass is 35.5. The van der Waals surface area contributed by atoms with Gasteiger partial charge in [-0.15, -0.1) is 0 Å². The molecule has 0 bridgehead atoms. The van der Waals surface area contributed by atoms with Crippen molar-refractivity contribution in [2.75, 3.05) is 0 Å². The molecule has 0 radical (unpaired) electrons. The molecule has 0 aliphatic rings. The van der Waals surface area contributed by atoms with E-state index in [4.69, 9.17) is 11.6 Å². The Morgan fingerprint density at radius 3 is 2.57 bits per heavy atom. The van der Waals surface area contributed by atoms with Gasteiger partial charge in [-0.1, -0.05) is 23.7 Å². The Kier molecular flexibility index (Phi) is 4.98. The van der Waals surface area contributed by atoms with Gasteiger partial charge in [0, 0.05) is 17.1 Å². The molecular formula is C14H12ClFN2O4S. The van der Waals surface area contributed by atoms with Crippen molar-refractivity contribution < 1.29 is 17.7 Å². The van der Waals surface area contributed by atoms with E-state index in [2.05, 4.69) is 4.72 Å². The zero-order valence-electron chi connectivity index (χ0n) is 11.9. The monoisotopic (exact) mass is 358 g/mol.